The smallest absolute Gasteiger partial charge is 0.416 e. The van der Waals surface area contributed by atoms with E-state index in [0.29, 0.717) is 36.0 Å². The van der Waals surface area contributed by atoms with Crippen molar-refractivity contribution in [1.29, 1.82) is 0 Å². The van der Waals surface area contributed by atoms with Crippen LogP contribution in [0.4, 0.5) is 18.9 Å². The molecule has 0 spiro atoms. The van der Waals surface area contributed by atoms with Gasteiger partial charge in [-0.1, -0.05) is 12.1 Å². The fourth-order valence-corrected chi connectivity index (χ4v) is 2.75. The molecule has 31 heavy (non-hydrogen) atoms. The second-order valence-corrected chi connectivity index (χ2v) is 6.48. The van der Waals surface area contributed by atoms with Crippen LogP contribution >= 0.6 is 0 Å². The Morgan fingerprint density at radius 3 is 2.32 bits per heavy atom. The molecule has 3 aromatic rings. The summed E-state index contributed by atoms with van der Waals surface area (Å²) in [5.74, 6) is 0.108. The molecule has 0 bridgehead atoms. The molecule has 0 aliphatic rings. The molecule has 0 radical (unpaired) electrons. The Morgan fingerprint density at radius 2 is 1.74 bits per heavy atom. The lowest BCUT2D eigenvalue weighted by molar-refractivity contribution is -0.137. The van der Waals surface area contributed by atoms with Gasteiger partial charge >= 0.3 is 12.2 Å². The number of carbonyl (C=O) groups excluding carboxylic acids is 1. The van der Waals surface area contributed by atoms with E-state index in [2.05, 4.69) is 15.4 Å². The Kier molecular flexibility index (Phi) is 6.91. The van der Waals surface area contributed by atoms with E-state index >= 15 is 0 Å². The molecule has 0 fully saturated rings. The van der Waals surface area contributed by atoms with E-state index in [1.807, 2.05) is 6.92 Å². The number of carbonyl (C=O) groups is 1. The van der Waals surface area contributed by atoms with E-state index < -0.39 is 11.7 Å². The highest BCUT2D eigenvalue weighted by molar-refractivity contribution is 5.88. The summed E-state index contributed by atoms with van der Waals surface area (Å²) >= 11 is 0. The SMILES string of the molecule is CCOCCOc1nc(-c2ccc(C(F)(F)F)cc2)n(-c2ccc(NC(C)=O)cc2)n1. The molecule has 1 amide bonds. The molecule has 0 aliphatic heterocycles. The maximum Gasteiger partial charge on any atom is 0.416 e. The van der Waals surface area contributed by atoms with Crippen molar-refractivity contribution in [3.8, 4) is 23.1 Å². The number of nitrogens with zero attached hydrogens (tertiary/aromatic N) is 3. The number of rotatable bonds is 8. The van der Waals surface area contributed by atoms with Crippen molar-refractivity contribution in [3.63, 3.8) is 0 Å². The van der Waals surface area contributed by atoms with E-state index in [-0.39, 0.29) is 18.5 Å². The Hall–Kier alpha value is -3.40. The molecular weight excluding hydrogens is 413 g/mol. The van der Waals surface area contributed by atoms with E-state index in [1.165, 1.54) is 23.7 Å². The Bertz CT molecular complexity index is 1020. The largest absolute Gasteiger partial charge is 0.460 e. The molecule has 7 nitrogen and oxygen atoms in total. The monoisotopic (exact) mass is 434 g/mol. The van der Waals surface area contributed by atoms with Crippen LogP contribution < -0.4 is 10.1 Å². The van der Waals surface area contributed by atoms with Gasteiger partial charge in [-0.15, -0.1) is 5.10 Å². The number of ether oxygens (including phenoxy) is 2. The second kappa shape index (κ2) is 9.61. The van der Waals surface area contributed by atoms with Crippen molar-refractivity contribution in [2.75, 3.05) is 25.1 Å². The van der Waals surface area contributed by atoms with Crippen molar-refractivity contribution >= 4 is 11.6 Å². The minimum Gasteiger partial charge on any atom is -0.460 e. The summed E-state index contributed by atoms with van der Waals surface area (Å²) in [6.07, 6.45) is -4.43. The normalized spacial score (nSPS) is 11.4. The summed E-state index contributed by atoms with van der Waals surface area (Å²) in [7, 11) is 0. The highest BCUT2D eigenvalue weighted by atomic mass is 19.4. The maximum atomic E-state index is 12.9. The molecule has 1 heterocycles. The summed E-state index contributed by atoms with van der Waals surface area (Å²) < 4.78 is 50.9. The number of halogens is 3. The molecule has 0 aliphatic carbocycles. The predicted molar refractivity (Wildman–Crippen MR) is 108 cm³/mol. The Balaban J connectivity index is 1.94. The molecule has 1 N–H and O–H groups in total. The van der Waals surface area contributed by atoms with Gasteiger partial charge in [0.2, 0.25) is 5.91 Å². The van der Waals surface area contributed by atoms with Crippen LogP contribution in [0.15, 0.2) is 48.5 Å². The first-order valence-corrected chi connectivity index (χ1v) is 9.51. The van der Waals surface area contributed by atoms with Crippen molar-refractivity contribution in [3.05, 3.63) is 54.1 Å². The van der Waals surface area contributed by atoms with Gasteiger partial charge in [-0.2, -0.15) is 18.2 Å². The van der Waals surface area contributed by atoms with Crippen LogP contribution in [0.3, 0.4) is 0 Å². The summed E-state index contributed by atoms with van der Waals surface area (Å²) in [4.78, 5) is 15.6. The van der Waals surface area contributed by atoms with Crippen molar-refractivity contribution in [1.82, 2.24) is 14.8 Å². The summed E-state index contributed by atoms with van der Waals surface area (Å²) in [6, 6.07) is 11.5. The summed E-state index contributed by atoms with van der Waals surface area (Å²) in [5, 5.41) is 7.00. The van der Waals surface area contributed by atoms with Crippen LogP contribution in [0, 0.1) is 0 Å². The van der Waals surface area contributed by atoms with Gasteiger partial charge in [-0.05, 0) is 43.3 Å². The fraction of sp³-hybridized carbons (Fsp3) is 0.286. The summed E-state index contributed by atoms with van der Waals surface area (Å²) in [5.41, 5.74) is 0.873. The second-order valence-electron chi connectivity index (χ2n) is 6.48. The zero-order valence-electron chi connectivity index (χ0n) is 16.9. The molecule has 1 aromatic heterocycles. The molecule has 3 rings (SSSR count). The highest BCUT2D eigenvalue weighted by Gasteiger charge is 2.30. The highest BCUT2D eigenvalue weighted by Crippen LogP contribution is 2.31. The van der Waals surface area contributed by atoms with Crippen LogP contribution in [-0.4, -0.2) is 40.5 Å². The van der Waals surface area contributed by atoms with Gasteiger partial charge < -0.3 is 14.8 Å². The Labute approximate surface area is 176 Å². The molecule has 164 valence electrons. The number of benzene rings is 2. The zero-order chi connectivity index (χ0) is 22.4. The van der Waals surface area contributed by atoms with E-state index in [9.17, 15) is 18.0 Å². The first kappa shape index (κ1) is 22.3. The maximum absolute atomic E-state index is 12.9. The lowest BCUT2D eigenvalue weighted by atomic mass is 10.1. The first-order chi connectivity index (χ1) is 14.8. The molecule has 2 aromatic carbocycles. The average molecular weight is 434 g/mol. The van der Waals surface area contributed by atoms with Gasteiger partial charge in [0.15, 0.2) is 5.82 Å². The molecule has 0 saturated carbocycles. The number of nitrogens with one attached hydrogen (secondary N) is 1. The number of hydrogen-bond acceptors (Lipinski definition) is 5. The lowest BCUT2D eigenvalue weighted by Crippen LogP contribution is -2.07. The van der Waals surface area contributed by atoms with E-state index in [1.54, 1.807) is 24.3 Å². The van der Waals surface area contributed by atoms with Crippen molar-refractivity contribution < 1.29 is 27.4 Å². The average Bonchev–Trinajstić information content (AvgIpc) is 3.15. The quantitative estimate of drug-likeness (QED) is 0.534. The van der Waals surface area contributed by atoms with E-state index in [4.69, 9.17) is 9.47 Å². The van der Waals surface area contributed by atoms with E-state index in [0.717, 1.165) is 12.1 Å². The van der Waals surface area contributed by atoms with Crippen LogP contribution in [0.2, 0.25) is 0 Å². The van der Waals surface area contributed by atoms with Crippen LogP contribution in [-0.2, 0) is 15.7 Å². The fourth-order valence-electron chi connectivity index (χ4n) is 2.75. The van der Waals surface area contributed by atoms with Crippen molar-refractivity contribution in [2.24, 2.45) is 0 Å². The molecular formula is C21H21F3N4O3. The lowest BCUT2D eigenvalue weighted by Gasteiger charge is -2.09. The minimum absolute atomic E-state index is 0.0699. The van der Waals surface area contributed by atoms with Crippen LogP contribution in [0.1, 0.15) is 19.4 Å². The minimum atomic E-state index is -4.43. The number of hydrogen-bond donors (Lipinski definition) is 1. The molecule has 10 heteroatoms. The van der Waals surface area contributed by atoms with Gasteiger partial charge in [0.25, 0.3) is 0 Å². The predicted octanol–water partition coefficient (Wildman–Crippen LogP) is 4.33. The molecule has 0 unspecified atom stereocenters. The first-order valence-electron chi connectivity index (χ1n) is 9.51. The van der Waals surface area contributed by atoms with Crippen LogP contribution in [0.5, 0.6) is 6.01 Å². The number of anilines is 1. The number of amides is 1. The van der Waals surface area contributed by atoms with Gasteiger partial charge in [0.1, 0.15) is 6.61 Å². The number of aromatic nitrogens is 3. The third kappa shape index (κ3) is 5.82. The third-order valence-corrected chi connectivity index (χ3v) is 4.15. The standard InChI is InChI=1S/C21H21F3N4O3/c1-3-30-12-13-31-20-26-19(15-4-6-16(7-5-15)21(22,23)24)28(27-20)18-10-8-17(9-11-18)25-14(2)29/h4-11H,3,12-13H2,1-2H3,(H,25,29). The molecule has 0 saturated heterocycles. The van der Waals surface area contributed by atoms with Crippen LogP contribution in [0.25, 0.3) is 17.1 Å². The van der Waals surface area contributed by atoms with Gasteiger partial charge in [-0.25, -0.2) is 4.68 Å². The number of alkyl halides is 3. The third-order valence-electron chi connectivity index (χ3n) is 4.15. The topological polar surface area (TPSA) is 78.3 Å². The van der Waals surface area contributed by atoms with Gasteiger partial charge in [0.05, 0.1) is 17.9 Å². The molecule has 0 atom stereocenters. The van der Waals surface area contributed by atoms with Gasteiger partial charge in [0, 0.05) is 24.8 Å². The zero-order valence-corrected chi connectivity index (χ0v) is 16.9. The van der Waals surface area contributed by atoms with Crippen molar-refractivity contribution in [2.45, 2.75) is 20.0 Å². The van der Waals surface area contributed by atoms with Gasteiger partial charge in [-0.3, -0.25) is 4.79 Å². The summed E-state index contributed by atoms with van der Waals surface area (Å²) in [6.45, 7) is 4.39. The Morgan fingerprint density at radius 1 is 1.06 bits per heavy atom.